The van der Waals surface area contributed by atoms with Crippen molar-refractivity contribution < 1.29 is 0 Å². The van der Waals surface area contributed by atoms with Gasteiger partial charge in [-0.25, -0.2) is 0 Å². The second-order valence-electron chi connectivity index (χ2n) is 8.51. The summed E-state index contributed by atoms with van der Waals surface area (Å²) in [7, 11) is 0. The Balaban J connectivity index is 1.83. The zero-order valence-corrected chi connectivity index (χ0v) is 17.5. The van der Waals surface area contributed by atoms with Crippen molar-refractivity contribution in [3.05, 3.63) is 65.4 Å². The fraction of sp³-hybridized carbons (Fsp3) is 0.520. The van der Waals surface area contributed by atoms with Crippen LogP contribution in [0, 0.1) is 19.8 Å². The first kappa shape index (κ1) is 19.9. The molecule has 2 atom stereocenters. The quantitative estimate of drug-likeness (QED) is 0.589. The Morgan fingerprint density at radius 2 is 1.78 bits per heavy atom. The minimum atomic E-state index is 0.315. The van der Waals surface area contributed by atoms with Gasteiger partial charge in [-0.15, -0.1) is 0 Å². The van der Waals surface area contributed by atoms with E-state index in [4.69, 9.17) is 0 Å². The molecule has 1 aromatic rings. The fourth-order valence-corrected chi connectivity index (χ4v) is 4.65. The molecular weight excluding hydrogens is 328 g/mol. The summed E-state index contributed by atoms with van der Waals surface area (Å²) in [5.74, 6) is 0.649. The average Bonchev–Trinajstić information content (AvgIpc) is 2.66. The van der Waals surface area contributed by atoms with Crippen LogP contribution in [0.25, 0.3) is 0 Å². The van der Waals surface area contributed by atoms with Gasteiger partial charge in [0.1, 0.15) is 0 Å². The van der Waals surface area contributed by atoms with Crippen LogP contribution in [0.4, 0.5) is 5.69 Å². The molecule has 0 amide bonds. The van der Waals surface area contributed by atoms with Gasteiger partial charge < -0.3 is 5.32 Å². The van der Waals surface area contributed by atoms with Gasteiger partial charge in [0.25, 0.3) is 0 Å². The molecule has 1 aliphatic carbocycles. The Morgan fingerprint density at radius 1 is 1.11 bits per heavy atom. The Hall–Kier alpha value is -1.80. The van der Waals surface area contributed by atoms with Crippen LogP contribution in [0.2, 0.25) is 0 Å². The highest BCUT2D eigenvalue weighted by atomic mass is 15.2. The highest BCUT2D eigenvalue weighted by Gasteiger charge is 2.29. The Bertz CT molecular complexity index is 702. The number of benzene rings is 1. The lowest BCUT2D eigenvalue weighted by Gasteiger charge is -2.39. The number of allylic oxidation sites excluding steroid dienone is 2. The number of hydrogen-bond donors (Lipinski definition) is 1. The second-order valence-corrected chi connectivity index (χ2v) is 8.51. The third-order valence-corrected chi connectivity index (χ3v) is 6.35. The normalized spacial score (nSPS) is 22.0. The lowest BCUT2D eigenvalue weighted by Crippen LogP contribution is -2.43. The number of rotatable bonds is 6. The predicted molar refractivity (Wildman–Crippen MR) is 118 cm³/mol. The molecule has 0 saturated carbocycles. The standard InChI is InChI=1S/C25H36N2/c1-18(2)22-12-14-23(15-13-22)25(27-16-7-6-8-17-27)21(5)26-24-19(3)10-9-11-20(24)4/h9-11,14,22,25-26H,1,5-8,12-13,15-17H2,2-4H3. The zero-order valence-electron chi connectivity index (χ0n) is 17.5. The number of para-hydroxylation sites is 1. The van der Waals surface area contributed by atoms with Crippen molar-refractivity contribution in [1.29, 1.82) is 0 Å². The summed E-state index contributed by atoms with van der Waals surface area (Å²) in [6.45, 7) is 17.6. The maximum absolute atomic E-state index is 4.53. The molecule has 27 heavy (non-hydrogen) atoms. The maximum atomic E-state index is 4.53. The minimum absolute atomic E-state index is 0.315. The van der Waals surface area contributed by atoms with Crippen molar-refractivity contribution in [2.45, 2.75) is 65.3 Å². The van der Waals surface area contributed by atoms with Crippen LogP contribution in [-0.2, 0) is 0 Å². The van der Waals surface area contributed by atoms with E-state index in [-0.39, 0.29) is 0 Å². The molecule has 1 aliphatic heterocycles. The van der Waals surface area contributed by atoms with Gasteiger partial charge in [-0.1, -0.05) is 55.0 Å². The molecule has 2 unspecified atom stereocenters. The molecule has 0 bridgehead atoms. The molecule has 0 spiro atoms. The van der Waals surface area contributed by atoms with E-state index in [1.807, 2.05) is 0 Å². The van der Waals surface area contributed by atoms with Crippen LogP contribution < -0.4 is 5.32 Å². The Kier molecular flexibility index (Phi) is 6.59. The van der Waals surface area contributed by atoms with Crippen molar-refractivity contribution in [1.82, 2.24) is 4.90 Å². The van der Waals surface area contributed by atoms with E-state index in [9.17, 15) is 0 Å². The summed E-state index contributed by atoms with van der Waals surface area (Å²) in [5.41, 5.74) is 7.81. The van der Waals surface area contributed by atoms with Gasteiger partial charge in [0.05, 0.1) is 6.04 Å². The SMILES string of the molecule is C=C(C)C1CC=C(C(C(=C)Nc2c(C)cccc2C)N2CCCCC2)CC1. The smallest absolute Gasteiger partial charge is 0.0707 e. The summed E-state index contributed by atoms with van der Waals surface area (Å²) >= 11 is 0. The van der Waals surface area contributed by atoms with Crippen molar-refractivity contribution in [2.75, 3.05) is 18.4 Å². The number of nitrogens with one attached hydrogen (secondary N) is 1. The summed E-state index contributed by atoms with van der Waals surface area (Å²) in [4.78, 5) is 2.65. The summed E-state index contributed by atoms with van der Waals surface area (Å²) in [6, 6.07) is 6.80. The largest absolute Gasteiger partial charge is 0.357 e. The van der Waals surface area contributed by atoms with Crippen molar-refractivity contribution in [3.8, 4) is 0 Å². The number of nitrogens with zero attached hydrogens (tertiary/aromatic N) is 1. The van der Waals surface area contributed by atoms with Gasteiger partial charge in [0, 0.05) is 11.4 Å². The first-order valence-corrected chi connectivity index (χ1v) is 10.6. The summed E-state index contributed by atoms with van der Waals surface area (Å²) in [5, 5.41) is 3.71. The zero-order chi connectivity index (χ0) is 19.4. The van der Waals surface area contributed by atoms with Gasteiger partial charge in [0.15, 0.2) is 0 Å². The van der Waals surface area contributed by atoms with E-state index in [0.29, 0.717) is 12.0 Å². The first-order valence-electron chi connectivity index (χ1n) is 10.6. The van der Waals surface area contributed by atoms with E-state index in [1.165, 1.54) is 61.2 Å². The fourth-order valence-electron chi connectivity index (χ4n) is 4.65. The van der Waals surface area contributed by atoms with E-state index < -0.39 is 0 Å². The van der Waals surface area contributed by atoms with Gasteiger partial charge in [0.2, 0.25) is 0 Å². The molecule has 2 heteroatoms. The molecule has 1 saturated heterocycles. The van der Waals surface area contributed by atoms with Crippen LogP contribution in [-0.4, -0.2) is 24.0 Å². The molecule has 1 fully saturated rings. The third-order valence-electron chi connectivity index (χ3n) is 6.35. The molecular formula is C25H36N2. The minimum Gasteiger partial charge on any atom is -0.357 e. The van der Waals surface area contributed by atoms with Crippen LogP contribution in [0.15, 0.2) is 54.3 Å². The molecule has 1 aromatic carbocycles. The lowest BCUT2D eigenvalue weighted by atomic mass is 9.82. The third kappa shape index (κ3) is 4.73. The lowest BCUT2D eigenvalue weighted by molar-refractivity contribution is 0.199. The predicted octanol–water partition coefficient (Wildman–Crippen LogP) is 6.39. The van der Waals surface area contributed by atoms with Crippen LogP contribution in [0.1, 0.15) is 56.6 Å². The topological polar surface area (TPSA) is 15.3 Å². The van der Waals surface area contributed by atoms with E-state index in [1.54, 1.807) is 5.57 Å². The number of aryl methyl sites for hydroxylation is 2. The second kappa shape index (κ2) is 8.93. The number of anilines is 1. The summed E-state index contributed by atoms with van der Waals surface area (Å²) in [6.07, 6.45) is 9.96. The van der Waals surface area contributed by atoms with Crippen LogP contribution in [0.3, 0.4) is 0 Å². The monoisotopic (exact) mass is 364 g/mol. The average molecular weight is 365 g/mol. The molecule has 3 rings (SSSR count). The molecule has 0 aromatic heterocycles. The van der Waals surface area contributed by atoms with Gasteiger partial charge >= 0.3 is 0 Å². The Labute approximate surface area is 166 Å². The number of hydrogen-bond acceptors (Lipinski definition) is 2. The molecule has 146 valence electrons. The highest BCUT2D eigenvalue weighted by molar-refractivity contribution is 5.60. The number of piperidine rings is 1. The van der Waals surface area contributed by atoms with Gasteiger partial charge in [-0.3, -0.25) is 4.90 Å². The first-order chi connectivity index (χ1) is 13.0. The molecule has 2 nitrogen and oxygen atoms in total. The van der Waals surface area contributed by atoms with E-state index >= 15 is 0 Å². The van der Waals surface area contributed by atoms with Gasteiger partial charge in [-0.05, 0) is 83.0 Å². The van der Waals surface area contributed by atoms with E-state index in [2.05, 4.69) is 68.4 Å². The molecule has 0 radical (unpaired) electrons. The van der Waals surface area contributed by atoms with Crippen molar-refractivity contribution >= 4 is 5.69 Å². The molecule has 1 heterocycles. The van der Waals surface area contributed by atoms with Crippen molar-refractivity contribution in [3.63, 3.8) is 0 Å². The highest BCUT2D eigenvalue weighted by Crippen LogP contribution is 2.35. The molecule has 2 aliphatic rings. The molecule has 1 N–H and O–H groups in total. The number of likely N-dealkylation sites (tertiary alicyclic amines) is 1. The van der Waals surface area contributed by atoms with Crippen LogP contribution >= 0.6 is 0 Å². The Morgan fingerprint density at radius 3 is 2.33 bits per heavy atom. The van der Waals surface area contributed by atoms with E-state index in [0.717, 1.165) is 18.5 Å². The maximum Gasteiger partial charge on any atom is 0.0707 e. The summed E-state index contributed by atoms with van der Waals surface area (Å²) < 4.78 is 0. The van der Waals surface area contributed by atoms with Gasteiger partial charge in [-0.2, -0.15) is 0 Å². The van der Waals surface area contributed by atoms with Crippen molar-refractivity contribution in [2.24, 2.45) is 5.92 Å². The van der Waals surface area contributed by atoms with Crippen LogP contribution in [0.5, 0.6) is 0 Å².